The van der Waals surface area contributed by atoms with E-state index in [1.165, 1.54) is 0 Å². The molecule has 0 aromatic heterocycles. The smallest absolute Gasteiger partial charge is 0.336 e. The van der Waals surface area contributed by atoms with Gasteiger partial charge in [-0.05, 0) is 63.1 Å². The van der Waals surface area contributed by atoms with Crippen molar-refractivity contribution in [2.45, 2.75) is 50.5 Å². The Morgan fingerprint density at radius 2 is 1.77 bits per heavy atom. The molecule has 2 aromatic carbocycles. The number of carbonyl (C=O) groups excluding carboxylic acids is 2. The van der Waals surface area contributed by atoms with Crippen molar-refractivity contribution in [3.05, 3.63) is 77.0 Å². The molecule has 1 aliphatic rings. The number of esters is 2. The van der Waals surface area contributed by atoms with Crippen LogP contribution in [0.15, 0.2) is 75.8 Å². The quantitative estimate of drug-likeness (QED) is 0.347. The first-order chi connectivity index (χ1) is 16.9. The average molecular weight is 496 g/mol. The zero-order chi connectivity index (χ0) is 25.4. The summed E-state index contributed by atoms with van der Waals surface area (Å²) in [5.41, 5.74) is 3.11. The van der Waals surface area contributed by atoms with Gasteiger partial charge in [0.15, 0.2) is 0 Å². The van der Waals surface area contributed by atoms with Crippen molar-refractivity contribution in [2.24, 2.45) is 10.9 Å². The van der Waals surface area contributed by atoms with Gasteiger partial charge in [-0.25, -0.2) is 4.79 Å². The molecule has 7 heteroatoms. The number of benzene rings is 2. The first-order valence-electron chi connectivity index (χ1n) is 11.9. The Morgan fingerprint density at radius 1 is 1.06 bits per heavy atom. The topological polar surface area (TPSA) is 85.2 Å². The number of ether oxygens (including phenoxy) is 2. The largest absolute Gasteiger partial charge is 0.465 e. The first kappa shape index (κ1) is 26.7. The number of hydrogen-bond acceptors (Lipinski definition) is 7. The molecule has 0 spiro atoms. The van der Waals surface area contributed by atoms with Crippen molar-refractivity contribution in [1.82, 2.24) is 0 Å². The highest BCUT2D eigenvalue weighted by Crippen LogP contribution is 2.42. The molecular weight excluding hydrogens is 462 g/mol. The fourth-order valence-corrected chi connectivity index (χ4v) is 4.89. The van der Waals surface area contributed by atoms with Crippen LogP contribution < -0.4 is 0 Å². The van der Waals surface area contributed by atoms with Crippen LogP contribution >= 0.6 is 11.8 Å². The minimum Gasteiger partial charge on any atom is -0.465 e. The summed E-state index contributed by atoms with van der Waals surface area (Å²) in [7, 11) is 0. The van der Waals surface area contributed by atoms with E-state index >= 15 is 0 Å². The van der Waals surface area contributed by atoms with Crippen LogP contribution in [-0.2, 0) is 19.1 Å². The molecule has 2 aromatic rings. The number of aliphatic imine (C=N–C) groups is 1. The van der Waals surface area contributed by atoms with Gasteiger partial charge in [-0.1, -0.05) is 42.5 Å². The molecule has 186 valence electrons. The van der Waals surface area contributed by atoms with Gasteiger partial charge < -0.3 is 14.6 Å². The molecule has 0 saturated carbocycles. The molecule has 0 fully saturated rings. The zero-order valence-corrected chi connectivity index (χ0v) is 21.5. The van der Waals surface area contributed by atoms with E-state index in [4.69, 9.17) is 14.5 Å². The number of carbonyl (C=O) groups is 2. The Balaban J connectivity index is 2.10. The summed E-state index contributed by atoms with van der Waals surface area (Å²) < 4.78 is 10.8. The lowest BCUT2D eigenvalue weighted by Gasteiger charge is -2.32. The second-order valence-corrected chi connectivity index (χ2v) is 9.16. The highest BCUT2D eigenvalue weighted by atomic mass is 32.2. The van der Waals surface area contributed by atoms with Crippen LogP contribution in [0, 0.1) is 5.92 Å². The molecule has 6 nitrogen and oxygen atoms in total. The summed E-state index contributed by atoms with van der Waals surface area (Å²) in [6.45, 7) is 5.74. The lowest BCUT2D eigenvalue weighted by molar-refractivity contribution is -0.146. The number of aliphatic hydroxyl groups excluding tert-OH is 1. The summed E-state index contributed by atoms with van der Waals surface area (Å²) in [6, 6.07) is 17.2. The molecule has 0 aliphatic carbocycles. The third-order valence-electron chi connectivity index (χ3n) is 6.04. The summed E-state index contributed by atoms with van der Waals surface area (Å²) in [5, 5.41) is 10.7. The number of thioether (sulfide) groups is 1. The summed E-state index contributed by atoms with van der Waals surface area (Å²) in [4.78, 5) is 32.2. The average Bonchev–Trinajstić information content (AvgIpc) is 2.87. The Hall–Kier alpha value is -2.90. The van der Waals surface area contributed by atoms with Gasteiger partial charge >= 0.3 is 11.9 Å². The molecule has 3 unspecified atom stereocenters. The van der Waals surface area contributed by atoms with E-state index < -0.39 is 29.9 Å². The Kier molecular flexibility index (Phi) is 9.69. The van der Waals surface area contributed by atoms with Gasteiger partial charge in [0.1, 0.15) is 5.92 Å². The van der Waals surface area contributed by atoms with Gasteiger partial charge in [-0.15, -0.1) is 11.8 Å². The molecule has 0 radical (unpaired) electrons. The summed E-state index contributed by atoms with van der Waals surface area (Å²) in [6.07, 6.45) is 2.01. The van der Waals surface area contributed by atoms with E-state index in [9.17, 15) is 14.7 Å². The normalized spacial score (nSPS) is 18.6. The van der Waals surface area contributed by atoms with Gasteiger partial charge in [0.2, 0.25) is 0 Å². The Bertz CT molecular complexity index is 1100. The Labute approximate surface area is 211 Å². The second kappa shape index (κ2) is 12.7. The number of rotatable bonds is 10. The summed E-state index contributed by atoms with van der Waals surface area (Å²) in [5.74, 6) is -2.25. The van der Waals surface area contributed by atoms with Crippen LogP contribution in [0.25, 0.3) is 0 Å². The molecule has 1 heterocycles. The monoisotopic (exact) mass is 495 g/mol. The van der Waals surface area contributed by atoms with Crippen molar-refractivity contribution in [1.29, 1.82) is 0 Å². The molecule has 35 heavy (non-hydrogen) atoms. The minimum absolute atomic E-state index is 0.201. The Morgan fingerprint density at radius 3 is 2.43 bits per heavy atom. The number of allylic oxidation sites excluding steroid dienone is 1. The highest BCUT2D eigenvalue weighted by Gasteiger charge is 2.43. The van der Waals surface area contributed by atoms with E-state index in [1.54, 1.807) is 32.5 Å². The molecular formula is C28H33NO5S. The molecule has 0 bridgehead atoms. The lowest BCUT2D eigenvalue weighted by atomic mass is 9.75. The number of hydrogen-bond donors (Lipinski definition) is 1. The van der Waals surface area contributed by atoms with Crippen molar-refractivity contribution < 1.29 is 24.2 Å². The van der Waals surface area contributed by atoms with Crippen LogP contribution in [0.5, 0.6) is 0 Å². The van der Waals surface area contributed by atoms with Crippen LogP contribution in [-0.4, -0.2) is 42.2 Å². The van der Waals surface area contributed by atoms with Crippen LogP contribution in [0.2, 0.25) is 0 Å². The van der Waals surface area contributed by atoms with Crippen LogP contribution in [0.3, 0.4) is 0 Å². The fourth-order valence-electron chi connectivity index (χ4n) is 4.42. The lowest BCUT2D eigenvalue weighted by Crippen LogP contribution is -2.37. The van der Waals surface area contributed by atoms with Gasteiger partial charge in [0, 0.05) is 16.5 Å². The fraction of sp³-hybridized carbons (Fsp3) is 0.393. The van der Waals surface area contributed by atoms with E-state index in [0.717, 1.165) is 16.0 Å². The molecule has 3 rings (SSSR count). The third-order valence-corrected chi connectivity index (χ3v) is 6.77. The molecule has 0 amide bonds. The molecule has 1 N–H and O–H groups in total. The van der Waals surface area contributed by atoms with Gasteiger partial charge in [-0.2, -0.15) is 0 Å². The summed E-state index contributed by atoms with van der Waals surface area (Å²) >= 11 is 1.59. The third kappa shape index (κ3) is 6.41. The van der Waals surface area contributed by atoms with Gasteiger partial charge in [0.05, 0.1) is 30.6 Å². The van der Waals surface area contributed by atoms with Gasteiger partial charge in [-0.3, -0.25) is 9.79 Å². The first-order valence-corrected chi connectivity index (χ1v) is 13.1. The van der Waals surface area contributed by atoms with E-state index in [1.807, 2.05) is 60.9 Å². The standard InChI is InChI=1S/C28H33NO5S/c1-5-33-27(31)24-18(3)29-22(15-16-23(30)19-11-8-7-9-12-19)26(28(32)34-6-2)25(24)20-13-10-14-21(17-20)35-4/h7-14,17,23-25,30H,5-6,15-16H2,1-4H3. The maximum absolute atomic E-state index is 13.3. The van der Waals surface area contributed by atoms with Crippen molar-refractivity contribution >= 4 is 29.4 Å². The van der Waals surface area contributed by atoms with Crippen molar-refractivity contribution in [3.63, 3.8) is 0 Å². The molecule has 0 saturated heterocycles. The van der Waals surface area contributed by atoms with E-state index in [0.29, 0.717) is 29.8 Å². The second-order valence-electron chi connectivity index (χ2n) is 8.28. The van der Waals surface area contributed by atoms with E-state index in [2.05, 4.69) is 0 Å². The number of nitrogens with zero attached hydrogens (tertiary/aromatic N) is 1. The number of aliphatic hydroxyl groups is 1. The zero-order valence-electron chi connectivity index (χ0n) is 20.7. The maximum atomic E-state index is 13.3. The maximum Gasteiger partial charge on any atom is 0.336 e. The minimum atomic E-state index is -0.741. The van der Waals surface area contributed by atoms with Crippen LogP contribution in [0.4, 0.5) is 0 Å². The van der Waals surface area contributed by atoms with Crippen molar-refractivity contribution in [3.8, 4) is 0 Å². The SMILES string of the molecule is CCOC(=O)C1=C(CCC(O)c2ccccc2)N=C(C)C(C(=O)OCC)C1c1cccc(SC)c1. The van der Waals surface area contributed by atoms with E-state index in [-0.39, 0.29) is 13.2 Å². The highest BCUT2D eigenvalue weighted by molar-refractivity contribution is 7.98. The molecule has 3 atom stereocenters. The van der Waals surface area contributed by atoms with Crippen LogP contribution in [0.1, 0.15) is 56.8 Å². The predicted octanol–water partition coefficient (Wildman–Crippen LogP) is 5.48. The molecule has 1 aliphatic heterocycles. The predicted molar refractivity (Wildman–Crippen MR) is 138 cm³/mol. The van der Waals surface area contributed by atoms with Crippen molar-refractivity contribution in [2.75, 3.05) is 19.5 Å². The van der Waals surface area contributed by atoms with Gasteiger partial charge in [0.25, 0.3) is 0 Å².